The van der Waals surface area contributed by atoms with E-state index in [1.807, 2.05) is 25.1 Å². The molecule has 0 unspecified atom stereocenters. The summed E-state index contributed by atoms with van der Waals surface area (Å²) < 4.78 is 3.41. The van der Waals surface area contributed by atoms with Crippen LogP contribution in [-0.4, -0.2) is 30.5 Å². The van der Waals surface area contributed by atoms with Gasteiger partial charge in [0.1, 0.15) is 12.0 Å². The molecule has 140 valence electrons. The Hall–Kier alpha value is -3.16. The summed E-state index contributed by atoms with van der Waals surface area (Å²) in [5.74, 6) is 0.385. The van der Waals surface area contributed by atoms with Gasteiger partial charge in [0.2, 0.25) is 0 Å². The van der Waals surface area contributed by atoms with E-state index in [2.05, 4.69) is 25.2 Å². The number of amides is 1. The van der Waals surface area contributed by atoms with Crippen LogP contribution in [0.1, 0.15) is 61.0 Å². The van der Waals surface area contributed by atoms with Gasteiger partial charge in [0.15, 0.2) is 5.82 Å². The third kappa shape index (κ3) is 3.42. The summed E-state index contributed by atoms with van der Waals surface area (Å²) in [7, 11) is 0. The molecule has 1 amide bonds. The van der Waals surface area contributed by atoms with Crippen molar-refractivity contribution in [3.05, 3.63) is 64.6 Å². The topological polar surface area (TPSA) is 97.6 Å². The van der Waals surface area contributed by atoms with Crippen LogP contribution in [0.4, 0.5) is 0 Å². The maximum atomic E-state index is 12.6. The zero-order chi connectivity index (χ0) is 18.8. The highest BCUT2D eigenvalue weighted by molar-refractivity contribution is 5.92. The Morgan fingerprint density at radius 3 is 2.74 bits per heavy atom. The number of nitrogens with zero attached hydrogens (tertiary/aromatic N) is 4. The lowest BCUT2D eigenvalue weighted by Gasteiger charge is -2.18. The van der Waals surface area contributed by atoms with Crippen molar-refractivity contribution in [1.82, 2.24) is 29.9 Å². The Labute approximate surface area is 156 Å². The summed E-state index contributed by atoms with van der Waals surface area (Å²) >= 11 is 0. The molecule has 1 fully saturated rings. The molecule has 3 aromatic rings. The van der Waals surface area contributed by atoms with Crippen molar-refractivity contribution in [3.8, 4) is 5.69 Å². The number of rotatable bonds is 5. The van der Waals surface area contributed by atoms with E-state index in [1.165, 1.54) is 23.6 Å². The van der Waals surface area contributed by atoms with Gasteiger partial charge in [-0.1, -0.05) is 31.0 Å². The third-order valence-corrected chi connectivity index (χ3v) is 5.03. The van der Waals surface area contributed by atoms with Gasteiger partial charge in [-0.05, 0) is 31.9 Å². The first-order valence-corrected chi connectivity index (χ1v) is 9.21. The SMILES string of the molecule is C[C@H](NC(=O)c1cc(=O)n(-c2ccccc2)[nH]1)c1nncn1C1CCCC1. The van der Waals surface area contributed by atoms with E-state index in [1.54, 1.807) is 18.5 Å². The van der Waals surface area contributed by atoms with Crippen LogP contribution in [0, 0.1) is 0 Å². The first-order valence-electron chi connectivity index (χ1n) is 9.21. The van der Waals surface area contributed by atoms with Crippen molar-refractivity contribution < 1.29 is 4.79 Å². The first kappa shape index (κ1) is 17.3. The van der Waals surface area contributed by atoms with Gasteiger partial charge < -0.3 is 9.88 Å². The molecule has 0 radical (unpaired) electrons. The first-order chi connectivity index (χ1) is 13.1. The van der Waals surface area contributed by atoms with Gasteiger partial charge in [0, 0.05) is 12.1 Å². The number of carbonyl (C=O) groups is 1. The molecular formula is C19H22N6O2. The molecule has 2 N–H and O–H groups in total. The standard InChI is InChI=1S/C19H22N6O2/c1-13(18-22-20-12-24(18)14-7-5-6-8-14)21-19(27)16-11-17(26)25(23-16)15-9-3-2-4-10-15/h2-4,9-14,23H,5-8H2,1H3,(H,21,27)/t13-/m0/s1. The average molecular weight is 366 g/mol. The minimum atomic E-state index is -0.352. The fourth-order valence-electron chi connectivity index (χ4n) is 3.65. The van der Waals surface area contributed by atoms with Gasteiger partial charge in [0.05, 0.1) is 11.7 Å². The van der Waals surface area contributed by atoms with Crippen molar-refractivity contribution in [2.45, 2.75) is 44.7 Å². The number of aromatic nitrogens is 5. The third-order valence-electron chi connectivity index (χ3n) is 5.03. The molecule has 0 saturated heterocycles. The van der Waals surface area contributed by atoms with Gasteiger partial charge in [-0.2, -0.15) is 0 Å². The number of H-pyrrole nitrogens is 1. The number of hydrogen-bond donors (Lipinski definition) is 2. The highest BCUT2D eigenvalue weighted by Gasteiger charge is 2.24. The molecule has 2 heterocycles. The molecule has 1 aliphatic carbocycles. The van der Waals surface area contributed by atoms with Gasteiger partial charge in [-0.15, -0.1) is 10.2 Å². The van der Waals surface area contributed by atoms with Gasteiger partial charge in [-0.25, -0.2) is 4.68 Å². The molecule has 2 aromatic heterocycles. The van der Waals surface area contributed by atoms with Crippen LogP contribution in [0.15, 0.2) is 47.5 Å². The van der Waals surface area contributed by atoms with Crippen LogP contribution >= 0.6 is 0 Å². The lowest BCUT2D eigenvalue weighted by atomic mass is 10.2. The van der Waals surface area contributed by atoms with Crippen LogP contribution < -0.4 is 10.9 Å². The fraction of sp³-hybridized carbons (Fsp3) is 0.368. The zero-order valence-electron chi connectivity index (χ0n) is 15.1. The number of nitrogens with one attached hydrogen (secondary N) is 2. The summed E-state index contributed by atoms with van der Waals surface area (Å²) in [6.45, 7) is 1.87. The highest BCUT2D eigenvalue weighted by Crippen LogP contribution is 2.31. The highest BCUT2D eigenvalue weighted by atomic mass is 16.2. The number of aromatic amines is 1. The van der Waals surface area contributed by atoms with Crippen molar-refractivity contribution in [2.75, 3.05) is 0 Å². The molecule has 1 aromatic carbocycles. The minimum Gasteiger partial charge on any atom is -0.341 e. The van der Waals surface area contributed by atoms with Crippen LogP contribution in [-0.2, 0) is 0 Å². The average Bonchev–Trinajstić information content (AvgIpc) is 3.42. The number of benzene rings is 1. The summed E-state index contributed by atoms with van der Waals surface area (Å²) in [5.41, 5.74) is 0.603. The smallest absolute Gasteiger partial charge is 0.271 e. The second kappa shape index (κ2) is 7.22. The molecule has 1 saturated carbocycles. The van der Waals surface area contributed by atoms with Crippen molar-refractivity contribution in [1.29, 1.82) is 0 Å². The Balaban J connectivity index is 1.52. The number of hydrogen-bond acceptors (Lipinski definition) is 4. The minimum absolute atomic E-state index is 0.211. The maximum Gasteiger partial charge on any atom is 0.271 e. The predicted molar refractivity (Wildman–Crippen MR) is 99.8 cm³/mol. The molecule has 1 atom stereocenters. The lowest BCUT2D eigenvalue weighted by molar-refractivity contribution is 0.0931. The second-order valence-corrected chi connectivity index (χ2v) is 6.91. The summed E-state index contributed by atoms with van der Waals surface area (Å²) in [6.07, 6.45) is 6.37. The van der Waals surface area contributed by atoms with Crippen molar-refractivity contribution in [3.63, 3.8) is 0 Å². The normalized spacial score (nSPS) is 15.7. The maximum absolute atomic E-state index is 12.6. The van der Waals surface area contributed by atoms with Gasteiger partial charge >= 0.3 is 0 Å². The van der Waals surface area contributed by atoms with E-state index in [4.69, 9.17) is 0 Å². The fourth-order valence-corrected chi connectivity index (χ4v) is 3.65. The summed E-state index contributed by atoms with van der Waals surface area (Å²) in [4.78, 5) is 24.8. The van der Waals surface area contributed by atoms with E-state index < -0.39 is 0 Å². The van der Waals surface area contributed by atoms with E-state index in [-0.39, 0.29) is 23.2 Å². The molecule has 0 aliphatic heterocycles. The van der Waals surface area contributed by atoms with E-state index >= 15 is 0 Å². The second-order valence-electron chi connectivity index (χ2n) is 6.91. The quantitative estimate of drug-likeness (QED) is 0.724. The van der Waals surface area contributed by atoms with Gasteiger partial charge in [0.25, 0.3) is 11.5 Å². The molecule has 8 nitrogen and oxygen atoms in total. The van der Waals surface area contributed by atoms with Crippen molar-refractivity contribution >= 4 is 5.91 Å². The lowest BCUT2D eigenvalue weighted by Crippen LogP contribution is -2.29. The van der Waals surface area contributed by atoms with E-state index in [9.17, 15) is 9.59 Å². The van der Waals surface area contributed by atoms with Gasteiger partial charge in [-0.3, -0.25) is 14.7 Å². The Morgan fingerprint density at radius 2 is 2.00 bits per heavy atom. The molecule has 8 heteroatoms. The molecular weight excluding hydrogens is 344 g/mol. The van der Waals surface area contributed by atoms with Crippen molar-refractivity contribution in [2.24, 2.45) is 0 Å². The molecule has 27 heavy (non-hydrogen) atoms. The van der Waals surface area contributed by atoms with Crippen LogP contribution in [0.3, 0.4) is 0 Å². The largest absolute Gasteiger partial charge is 0.341 e. The summed E-state index contributed by atoms with van der Waals surface area (Å²) in [5, 5.41) is 14.0. The monoisotopic (exact) mass is 366 g/mol. The molecule has 4 rings (SSSR count). The number of para-hydroxylation sites is 1. The van der Waals surface area contributed by atoms with E-state index in [0.29, 0.717) is 11.7 Å². The van der Waals surface area contributed by atoms with Crippen LogP contribution in [0.5, 0.6) is 0 Å². The Morgan fingerprint density at radius 1 is 1.26 bits per heavy atom. The Bertz CT molecular complexity index is 981. The Kier molecular flexibility index (Phi) is 4.62. The molecule has 1 aliphatic rings. The predicted octanol–water partition coefficient (Wildman–Crippen LogP) is 2.36. The molecule has 0 spiro atoms. The van der Waals surface area contributed by atoms with Crippen LogP contribution in [0.2, 0.25) is 0 Å². The molecule has 0 bridgehead atoms. The van der Waals surface area contributed by atoms with E-state index in [0.717, 1.165) is 18.7 Å². The zero-order valence-corrected chi connectivity index (χ0v) is 15.1. The number of carbonyl (C=O) groups excluding carboxylic acids is 1. The summed E-state index contributed by atoms with van der Waals surface area (Å²) in [6, 6.07) is 10.5. The van der Waals surface area contributed by atoms with Crippen LogP contribution in [0.25, 0.3) is 5.69 Å².